The molecule has 1 fully saturated rings. The number of nitrogens with one attached hydrogen (secondary N) is 1. The van der Waals surface area contributed by atoms with Crippen molar-refractivity contribution in [2.45, 2.75) is 19.3 Å². The molecule has 3 rings (SSSR count). The largest absolute Gasteiger partial charge is 0.493 e. The van der Waals surface area contributed by atoms with E-state index in [9.17, 15) is 9.59 Å². The number of hydrogen-bond donors (Lipinski definition) is 1. The minimum Gasteiger partial charge on any atom is -0.493 e. The molecule has 2 heterocycles. The number of ether oxygens (including phenoxy) is 1. The summed E-state index contributed by atoms with van der Waals surface area (Å²) in [5.74, 6) is 3.15. The molecule has 0 spiro atoms. The first-order chi connectivity index (χ1) is 13.7. The Bertz CT molecular complexity index is 860. The SMILES string of the molecule is C=CCCOc1ccc(-c2nnc(CCC(=O)N3CCSCC3)c(=O)[nH]2)cc1. The maximum Gasteiger partial charge on any atom is 0.273 e. The van der Waals surface area contributed by atoms with Crippen molar-refractivity contribution in [2.24, 2.45) is 0 Å². The van der Waals surface area contributed by atoms with Gasteiger partial charge in [-0.3, -0.25) is 9.59 Å². The summed E-state index contributed by atoms with van der Waals surface area (Å²) in [5, 5.41) is 8.16. The van der Waals surface area contributed by atoms with Gasteiger partial charge in [-0.2, -0.15) is 11.8 Å². The van der Waals surface area contributed by atoms with E-state index in [0.29, 0.717) is 18.9 Å². The highest BCUT2D eigenvalue weighted by Crippen LogP contribution is 2.18. The Kier molecular flexibility index (Phi) is 7.25. The third kappa shape index (κ3) is 5.45. The van der Waals surface area contributed by atoms with Gasteiger partial charge in [-0.25, -0.2) is 0 Å². The van der Waals surface area contributed by atoms with E-state index < -0.39 is 0 Å². The third-order valence-electron chi connectivity index (χ3n) is 4.42. The summed E-state index contributed by atoms with van der Waals surface area (Å²) in [6, 6.07) is 7.28. The average Bonchev–Trinajstić information content (AvgIpc) is 2.74. The van der Waals surface area contributed by atoms with Gasteiger partial charge in [0, 0.05) is 43.0 Å². The van der Waals surface area contributed by atoms with Gasteiger partial charge >= 0.3 is 0 Å². The lowest BCUT2D eigenvalue weighted by atomic mass is 10.2. The number of amides is 1. The second-order valence-electron chi connectivity index (χ2n) is 6.39. The van der Waals surface area contributed by atoms with Crippen molar-refractivity contribution in [1.29, 1.82) is 0 Å². The van der Waals surface area contributed by atoms with Gasteiger partial charge in [0.2, 0.25) is 5.91 Å². The summed E-state index contributed by atoms with van der Waals surface area (Å²) in [4.78, 5) is 29.2. The van der Waals surface area contributed by atoms with Gasteiger partial charge in [0.15, 0.2) is 5.82 Å². The molecule has 28 heavy (non-hydrogen) atoms. The Morgan fingerprint density at radius 2 is 2.00 bits per heavy atom. The molecule has 8 heteroatoms. The van der Waals surface area contributed by atoms with E-state index in [0.717, 1.165) is 42.3 Å². The quantitative estimate of drug-likeness (QED) is 0.540. The monoisotopic (exact) mass is 400 g/mol. The standard InChI is InChI=1S/C20H24N4O3S/c1-2-3-12-27-16-6-4-15(5-7-16)19-21-20(26)17(22-23-19)8-9-18(25)24-10-13-28-14-11-24/h2,4-7H,1,3,8-14H2,(H,21,23,26). The second-order valence-corrected chi connectivity index (χ2v) is 7.62. The molecule has 0 atom stereocenters. The fourth-order valence-electron chi connectivity index (χ4n) is 2.82. The molecule has 1 aromatic carbocycles. The maximum atomic E-state index is 12.3. The van der Waals surface area contributed by atoms with E-state index in [2.05, 4.69) is 21.8 Å². The first-order valence-corrected chi connectivity index (χ1v) is 10.5. The number of aromatic amines is 1. The summed E-state index contributed by atoms with van der Waals surface area (Å²) in [5.41, 5.74) is 0.722. The van der Waals surface area contributed by atoms with Crippen molar-refractivity contribution in [3.63, 3.8) is 0 Å². The molecular weight excluding hydrogens is 376 g/mol. The second kappa shape index (κ2) is 10.1. The fourth-order valence-corrected chi connectivity index (χ4v) is 3.72. The zero-order valence-electron chi connectivity index (χ0n) is 15.7. The number of nitrogens with zero attached hydrogens (tertiary/aromatic N) is 3. The van der Waals surface area contributed by atoms with Crippen LogP contribution < -0.4 is 10.3 Å². The van der Waals surface area contributed by atoms with Gasteiger partial charge in [0.1, 0.15) is 11.4 Å². The summed E-state index contributed by atoms with van der Waals surface area (Å²) in [7, 11) is 0. The third-order valence-corrected chi connectivity index (χ3v) is 5.37. The zero-order chi connectivity index (χ0) is 19.8. The van der Waals surface area contributed by atoms with Crippen LogP contribution in [0.5, 0.6) is 5.75 Å². The highest BCUT2D eigenvalue weighted by atomic mass is 32.2. The molecule has 2 aromatic rings. The van der Waals surface area contributed by atoms with Crippen LogP contribution in [0.4, 0.5) is 0 Å². The first kappa shape index (κ1) is 20.1. The number of hydrogen-bond acceptors (Lipinski definition) is 6. The van der Waals surface area contributed by atoms with Crippen LogP contribution in [0, 0.1) is 0 Å². The topological polar surface area (TPSA) is 88.2 Å². The number of benzene rings is 1. The lowest BCUT2D eigenvalue weighted by Gasteiger charge is -2.26. The smallest absolute Gasteiger partial charge is 0.273 e. The first-order valence-electron chi connectivity index (χ1n) is 9.33. The predicted octanol–water partition coefficient (Wildman–Crippen LogP) is 2.29. The zero-order valence-corrected chi connectivity index (χ0v) is 16.5. The molecular formula is C20H24N4O3S. The van der Waals surface area contributed by atoms with Crippen LogP contribution in [-0.2, 0) is 11.2 Å². The Morgan fingerprint density at radius 3 is 2.68 bits per heavy atom. The molecule has 0 radical (unpaired) electrons. The molecule has 1 aromatic heterocycles. The minimum atomic E-state index is -0.307. The molecule has 0 unspecified atom stereocenters. The van der Waals surface area contributed by atoms with Crippen LogP contribution in [0.2, 0.25) is 0 Å². The number of rotatable bonds is 8. The summed E-state index contributed by atoms with van der Waals surface area (Å²) in [6.07, 6.45) is 3.15. The van der Waals surface area contributed by atoms with E-state index in [1.54, 1.807) is 6.08 Å². The number of thioether (sulfide) groups is 1. The lowest BCUT2D eigenvalue weighted by molar-refractivity contribution is -0.130. The van der Waals surface area contributed by atoms with Gasteiger partial charge < -0.3 is 14.6 Å². The minimum absolute atomic E-state index is 0.0672. The van der Waals surface area contributed by atoms with E-state index in [1.165, 1.54) is 0 Å². The highest BCUT2D eigenvalue weighted by Gasteiger charge is 2.17. The average molecular weight is 401 g/mol. The van der Waals surface area contributed by atoms with E-state index in [1.807, 2.05) is 40.9 Å². The number of H-pyrrole nitrogens is 1. The molecule has 148 valence electrons. The normalized spacial score (nSPS) is 13.9. The molecule has 1 N–H and O–H groups in total. The fraction of sp³-hybridized carbons (Fsp3) is 0.400. The van der Waals surface area contributed by atoms with Gasteiger partial charge in [-0.15, -0.1) is 16.8 Å². The Morgan fingerprint density at radius 1 is 1.25 bits per heavy atom. The number of aromatic nitrogens is 3. The summed E-state index contributed by atoms with van der Waals surface area (Å²) >= 11 is 1.86. The van der Waals surface area contributed by atoms with Crippen molar-refractivity contribution in [3.05, 3.63) is 53.0 Å². The number of aryl methyl sites for hydroxylation is 1. The van der Waals surface area contributed by atoms with Crippen LogP contribution in [0.15, 0.2) is 41.7 Å². The van der Waals surface area contributed by atoms with Crippen molar-refractivity contribution < 1.29 is 9.53 Å². The van der Waals surface area contributed by atoms with Crippen molar-refractivity contribution in [1.82, 2.24) is 20.1 Å². The summed E-state index contributed by atoms with van der Waals surface area (Å²) in [6.45, 7) is 5.78. The van der Waals surface area contributed by atoms with Gasteiger partial charge in [-0.1, -0.05) is 6.08 Å². The molecule has 0 aliphatic carbocycles. The van der Waals surface area contributed by atoms with E-state index in [-0.39, 0.29) is 23.6 Å². The lowest BCUT2D eigenvalue weighted by Crippen LogP contribution is -2.38. The van der Waals surface area contributed by atoms with Crippen LogP contribution in [0.25, 0.3) is 11.4 Å². The van der Waals surface area contributed by atoms with E-state index >= 15 is 0 Å². The van der Waals surface area contributed by atoms with Crippen LogP contribution in [-0.4, -0.2) is 57.2 Å². The maximum absolute atomic E-state index is 12.3. The molecule has 0 bridgehead atoms. The van der Waals surface area contributed by atoms with E-state index in [4.69, 9.17) is 4.74 Å². The van der Waals surface area contributed by atoms with Crippen LogP contribution in [0.1, 0.15) is 18.5 Å². The Hall–Kier alpha value is -2.61. The van der Waals surface area contributed by atoms with Gasteiger partial charge in [0.25, 0.3) is 5.56 Å². The molecule has 0 saturated carbocycles. The Balaban J connectivity index is 1.59. The molecule has 1 aliphatic rings. The number of carbonyl (C=O) groups excluding carboxylic acids is 1. The van der Waals surface area contributed by atoms with Gasteiger partial charge in [0.05, 0.1) is 6.61 Å². The van der Waals surface area contributed by atoms with Crippen molar-refractivity contribution in [3.8, 4) is 17.1 Å². The highest BCUT2D eigenvalue weighted by molar-refractivity contribution is 7.99. The van der Waals surface area contributed by atoms with Crippen LogP contribution >= 0.6 is 11.8 Å². The molecule has 1 aliphatic heterocycles. The van der Waals surface area contributed by atoms with Crippen molar-refractivity contribution in [2.75, 3.05) is 31.2 Å². The molecule has 1 saturated heterocycles. The van der Waals surface area contributed by atoms with Crippen LogP contribution in [0.3, 0.4) is 0 Å². The Labute approximate surface area is 168 Å². The van der Waals surface area contributed by atoms with Crippen molar-refractivity contribution >= 4 is 17.7 Å². The summed E-state index contributed by atoms with van der Waals surface area (Å²) < 4.78 is 5.57. The predicted molar refractivity (Wildman–Crippen MR) is 111 cm³/mol. The molecule has 1 amide bonds. The molecule has 7 nitrogen and oxygen atoms in total. The van der Waals surface area contributed by atoms with Gasteiger partial charge in [-0.05, 0) is 30.7 Å². The number of carbonyl (C=O) groups is 1.